The van der Waals surface area contributed by atoms with Crippen LogP contribution < -0.4 is 10.5 Å². The minimum absolute atomic E-state index is 0.153. The lowest BCUT2D eigenvalue weighted by molar-refractivity contribution is -0.288. The van der Waals surface area contributed by atoms with Crippen LogP contribution >= 0.6 is 0 Å². The Morgan fingerprint density at radius 1 is 1.13 bits per heavy atom. The Hall–Kier alpha value is -3.26. The summed E-state index contributed by atoms with van der Waals surface area (Å²) in [5.41, 5.74) is 2.35. The average molecular weight is 436 g/mol. The number of hydrogen-bond donors (Lipinski definition) is 0. The molecular formula is C22H20ClN6O2+. The number of hydrogen-bond acceptors (Lipinski definition) is 7. The van der Waals surface area contributed by atoms with Crippen molar-refractivity contribution in [1.82, 2.24) is 24.7 Å². The Morgan fingerprint density at radius 3 is 2.68 bits per heavy atom. The van der Waals surface area contributed by atoms with E-state index in [0.717, 1.165) is 29.5 Å². The predicted molar refractivity (Wildman–Crippen MR) is 111 cm³/mol. The zero-order valence-corrected chi connectivity index (χ0v) is 17.6. The largest absolute Gasteiger partial charge is 0.371 e. The summed E-state index contributed by atoms with van der Waals surface area (Å²) in [5.74, 6) is 2.55. The summed E-state index contributed by atoms with van der Waals surface area (Å²) in [6.07, 6.45) is 3.14. The summed E-state index contributed by atoms with van der Waals surface area (Å²) < 4.78 is 6.96. The van der Waals surface area contributed by atoms with Crippen LogP contribution in [-0.4, -0.2) is 37.8 Å². The lowest BCUT2D eigenvalue weighted by Gasteiger charge is -2.21. The molecule has 4 heterocycles. The fraction of sp³-hybridized carbons (Fsp3) is 0.318. The Kier molecular flexibility index (Phi) is 4.11. The SMILES string of the molecule is Cc1ccnc2ncn(Cc3nc(C4C5CN(c6ccc([ClH+])cc6)CC54)no3)c(=O)c12. The van der Waals surface area contributed by atoms with Crippen molar-refractivity contribution in [3.8, 4) is 0 Å². The van der Waals surface area contributed by atoms with E-state index in [4.69, 9.17) is 16.1 Å². The molecule has 0 radical (unpaired) electrons. The Morgan fingerprint density at radius 2 is 1.90 bits per heavy atom. The van der Waals surface area contributed by atoms with E-state index < -0.39 is 0 Å². The molecule has 0 N–H and O–H groups in total. The van der Waals surface area contributed by atoms with Crippen molar-refractivity contribution in [2.45, 2.75) is 19.4 Å². The summed E-state index contributed by atoms with van der Waals surface area (Å²) in [4.78, 5) is 28.3. The molecule has 4 aromatic rings. The number of anilines is 1. The normalized spacial score (nSPS) is 22.1. The highest BCUT2D eigenvalue weighted by atomic mass is 35.5. The summed E-state index contributed by atoms with van der Waals surface area (Å²) >= 11 is 5.17. The second-order valence-corrected chi connectivity index (χ2v) is 8.77. The molecular weight excluding hydrogens is 416 g/mol. The average Bonchev–Trinajstić information content (AvgIpc) is 3.09. The first-order chi connectivity index (χ1) is 15.1. The van der Waals surface area contributed by atoms with Crippen LogP contribution in [0.3, 0.4) is 0 Å². The lowest BCUT2D eigenvalue weighted by Crippen LogP contribution is -2.23. The maximum atomic E-state index is 12.8. The van der Waals surface area contributed by atoms with Crippen molar-refractivity contribution in [2.75, 3.05) is 18.0 Å². The van der Waals surface area contributed by atoms with Crippen LogP contribution in [0.15, 0.2) is 52.2 Å². The number of aryl methyl sites for hydroxylation is 1. The van der Waals surface area contributed by atoms with Crippen LogP contribution in [0.5, 0.6) is 0 Å². The molecule has 1 saturated heterocycles. The number of fused-ring (bicyclic) bond motifs is 2. The molecule has 2 atom stereocenters. The molecule has 31 heavy (non-hydrogen) atoms. The van der Waals surface area contributed by atoms with Gasteiger partial charge in [-0.3, -0.25) is 9.36 Å². The molecule has 8 nitrogen and oxygen atoms in total. The number of nitrogens with zero attached hydrogens (tertiary/aromatic N) is 6. The maximum absolute atomic E-state index is 12.8. The number of pyridine rings is 1. The van der Waals surface area contributed by atoms with Gasteiger partial charge in [-0.2, -0.15) is 4.98 Å². The highest BCUT2D eigenvalue weighted by molar-refractivity contribution is 5.76. The van der Waals surface area contributed by atoms with Gasteiger partial charge in [0.25, 0.3) is 5.56 Å². The van der Waals surface area contributed by atoms with E-state index in [1.807, 2.05) is 19.1 Å². The summed E-state index contributed by atoms with van der Waals surface area (Å²) in [6.45, 7) is 4.04. The first-order valence-corrected chi connectivity index (χ1v) is 10.6. The molecule has 3 aromatic heterocycles. The number of halogens is 1. The monoisotopic (exact) mass is 435 g/mol. The standard InChI is InChI=1S/C22H20ClN6O2/c1-12-6-7-24-20-18(12)22(30)29(11-25-20)10-17-26-21(27-31-17)19-15-8-28(9-16(15)19)14-4-2-13(23)3-5-14/h2-7,11,15-16,19,23H,8-10H2,1H3/q+1. The second-order valence-electron chi connectivity index (χ2n) is 8.30. The predicted octanol–water partition coefficient (Wildman–Crippen LogP) is 2.08. The van der Waals surface area contributed by atoms with Crippen LogP contribution in [-0.2, 0) is 6.54 Å². The van der Waals surface area contributed by atoms with E-state index in [9.17, 15) is 4.79 Å². The number of rotatable bonds is 4. The van der Waals surface area contributed by atoms with Crippen LogP contribution in [0.1, 0.15) is 23.2 Å². The van der Waals surface area contributed by atoms with E-state index in [0.29, 0.717) is 34.7 Å². The highest BCUT2D eigenvalue weighted by Gasteiger charge is 2.58. The highest BCUT2D eigenvalue weighted by Crippen LogP contribution is 2.57. The third kappa shape index (κ3) is 3.09. The van der Waals surface area contributed by atoms with E-state index in [-0.39, 0.29) is 12.1 Å². The molecule has 0 spiro atoms. The van der Waals surface area contributed by atoms with Gasteiger partial charge in [0.1, 0.15) is 12.9 Å². The molecule has 1 aliphatic carbocycles. The molecule has 1 aliphatic heterocycles. The van der Waals surface area contributed by atoms with Crippen LogP contribution in [0.25, 0.3) is 11.0 Å². The maximum Gasteiger partial charge on any atom is 0.263 e. The molecule has 156 valence electrons. The summed E-state index contributed by atoms with van der Waals surface area (Å²) in [7, 11) is 0. The van der Waals surface area contributed by atoms with Crippen LogP contribution in [0, 0.1) is 30.4 Å². The molecule has 9 heteroatoms. The van der Waals surface area contributed by atoms with Gasteiger partial charge in [0, 0.05) is 43.0 Å². The van der Waals surface area contributed by atoms with Crippen molar-refractivity contribution < 1.29 is 16.1 Å². The van der Waals surface area contributed by atoms with Gasteiger partial charge < -0.3 is 9.42 Å². The smallest absolute Gasteiger partial charge is 0.263 e. The fourth-order valence-corrected chi connectivity index (χ4v) is 4.87. The number of aromatic nitrogens is 5. The minimum Gasteiger partial charge on any atom is -0.371 e. The zero-order valence-electron chi connectivity index (χ0n) is 16.8. The quantitative estimate of drug-likeness (QED) is 0.484. The zero-order chi connectivity index (χ0) is 21.1. The molecule has 2 fully saturated rings. The summed E-state index contributed by atoms with van der Waals surface area (Å²) in [5, 5.41) is 5.59. The minimum atomic E-state index is -0.153. The van der Waals surface area contributed by atoms with Gasteiger partial charge in [-0.1, -0.05) is 5.16 Å². The molecule has 2 aliphatic rings. The first kappa shape index (κ1) is 18.5. The first-order valence-electron chi connectivity index (χ1n) is 10.2. The van der Waals surface area contributed by atoms with Gasteiger partial charge in [0.05, 0.1) is 5.39 Å². The molecule has 6 rings (SSSR count). The van der Waals surface area contributed by atoms with E-state index in [1.54, 1.807) is 12.3 Å². The van der Waals surface area contributed by atoms with Gasteiger partial charge in [0.15, 0.2) is 23.1 Å². The molecule has 1 saturated carbocycles. The van der Waals surface area contributed by atoms with E-state index >= 15 is 0 Å². The van der Waals surface area contributed by atoms with Crippen molar-refractivity contribution >= 4 is 16.7 Å². The fourth-order valence-electron chi connectivity index (χ4n) is 4.73. The third-order valence-electron chi connectivity index (χ3n) is 6.42. The number of benzene rings is 1. The Balaban J connectivity index is 1.17. The van der Waals surface area contributed by atoms with Gasteiger partial charge >= 0.3 is 0 Å². The second kappa shape index (κ2) is 6.88. The Bertz CT molecular complexity index is 1340. The van der Waals surface area contributed by atoms with Crippen molar-refractivity contribution in [1.29, 1.82) is 0 Å². The van der Waals surface area contributed by atoms with E-state index in [1.165, 1.54) is 16.6 Å². The van der Waals surface area contributed by atoms with Gasteiger partial charge in [0.2, 0.25) is 10.9 Å². The van der Waals surface area contributed by atoms with Gasteiger partial charge in [-0.15, -0.1) is 0 Å². The van der Waals surface area contributed by atoms with Gasteiger partial charge in [-0.05, 0) is 42.5 Å². The molecule has 0 bridgehead atoms. The molecule has 1 aromatic carbocycles. The molecule has 0 amide bonds. The van der Waals surface area contributed by atoms with Crippen molar-refractivity contribution in [3.05, 3.63) is 75.5 Å². The molecule has 2 unspecified atom stereocenters. The summed E-state index contributed by atoms with van der Waals surface area (Å²) in [6, 6.07) is 9.92. The van der Waals surface area contributed by atoms with E-state index in [2.05, 4.69) is 37.1 Å². The Labute approximate surface area is 182 Å². The van der Waals surface area contributed by atoms with Gasteiger partial charge in [-0.25, -0.2) is 9.97 Å². The number of piperidine rings is 1. The van der Waals surface area contributed by atoms with Crippen molar-refractivity contribution in [2.24, 2.45) is 11.8 Å². The van der Waals surface area contributed by atoms with Crippen molar-refractivity contribution in [3.63, 3.8) is 0 Å². The third-order valence-corrected chi connectivity index (χ3v) is 6.69. The van der Waals surface area contributed by atoms with Crippen LogP contribution in [0.2, 0.25) is 5.02 Å². The lowest BCUT2D eigenvalue weighted by atomic mass is 10.2. The van der Waals surface area contributed by atoms with Crippen LogP contribution in [0.4, 0.5) is 5.69 Å². The topological polar surface area (TPSA) is 89.9 Å².